The molecule has 0 aliphatic rings. The van der Waals surface area contributed by atoms with Crippen LogP contribution >= 0.6 is 0 Å². The van der Waals surface area contributed by atoms with Crippen molar-refractivity contribution in [2.24, 2.45) is 0 Å². The summed E-state index contributed by atoms with van der Waals surface area (Å²) in [5, 5.41) is 4.39. The quantitative estimate of drug-likeness (QED) is 0.534. The predicted octanol–water partition coefficient (Wildman–Crippen LogP) is 4.45. The molecule has 4 heteroatoms. The molecule has 1 heterocycles. The average molecular weight is 300 g/mol. The first kappa shape index (κ1) is 16.3. The second kappa shape index (κ2) is 8.37. The second-order valence-electron chi connectivity index (χ2n) is 5.51. The van der Waals surface area contributed by atoms with Crippen LogP contribution in [0.4, 0.5) is 0 Å². The summed E-state index contributed by atoms with van der Waals surface area (Å²) in [4.78, 5) is 12.0. The van der Waals surface area contributed by atoms with Crippen LogP contribution in [0.1, 0.15) is 51.1 Å². The third-order valence-corrected chi connectivity index (χ3v) is 3.50. The molecule has 2 rings (SSSR count). The molecule has 2 aromatic rings. The van der Waals surface area contributed by atoms with Crippen molar-refractivity contribution in [3.8, 4) is 11.6 Å². The van der Waals surface area contributed by atoms with E-state index < -0.39 is 0 Å². The number of carbonyl (C=O) groups is 1. The molecule has 0 fully saturated rings. The molecule has 1 aromatic carbocycles. The molecule has 1 aromatic heterocycles. The van der Waals surface area contributed by atoms with Gasteiger partial charge in [0.2, 0.25) is 5.88 Å². The third-order valence-electron chi connectivity index (χ3n) is 3.50. The SMILES string of the molecule is CCCCCCCC(=O)Oc1cc(C)nn1-c1ccccc1. The molecule has 4 nitrogen and oxygen atoms in total. The van der Waals surface area contributed by atoms with Gasteiger partial charge in [0.25, 0.3) is 0 Å². The minimum absolute atomic E-state index is 0.187. The van der Waals surface area contributed by atoms with Gasteiger partial charge in [-0.3, -0.25) is 4.79 Å². The molecular formula is C18H24N2O2. The predicted molar refractivity (Wildman–Crippen MR) is 87.3 cm³/mol. The highest BCUT2D eigenvalue weighted by Gasteiger charge is 2.12. The lowest BCUT2D eigenvalue weighted by atomic mass is 10.1. The topological polar surface area (TPSA) is 44.1 Å². The zero-order valence-corrected chi connectivity index (χ0v) is 13.4. The zero-order chi connectivity index (χ0) is 15.8. The van der Waals surface area contributed by atoms with Crippen LogP contribution in [-0.2, 0) is 4.79 Å². The molecule has 22 heavy (non-hydrogen) atoms. The summed E-state index contributed by atoms with van der Waals surface area (Å²) < 4.78 is 7.16. The van der Waals surface area contributed by atoms with Gasteiger partial charge in [0.15, 0.2) is 0 Å². The summed E-state index contributed by atoms with van der Waals surface area (Å²) in [6.07, 6.45) is 6.06. The van der Waals surface area contributed by atoms with Gasteiger partial charge in [-0.1, -0.05) is 50.8 Å². The highest BCUT2D eigenvalue weighted by atomic mass is 16.5. The van der Waals surface area contributed by atoms with Crippen LogP contribution in [-0.4, -0.2) is 15.7 Å². The summed E-state index contributed by atoms with van der Waals surface area (Å²) >= 11 is 0. The van der Waals surface area contributed by atoms with E-state index in [9.17, 15) is 4.79 Å². The maximum atomic E-state index is 12.0. The largest absolute Gasteiger partial charge is 0.407 e. The first-order valence-corrected chi connectivity index (χ1v) is 8.03. The highest BCUT2D eigenvalue weighted by molar-refractivity contribution is 5.72. The fourth-order valence-electron chi connectivity index (χ4n) is 2.34. The zero-order valence-electron chi connectivity index (χ0n) is 13.4. The van der Waals surface area contributed by atoms with Gasteiger partial charge in [-0.05, 0) is 25.5 Å². The number of nitrogens with zero attached hydrogens (tertiary/aromatic N) is 2. The van der Waals surface area contributed by atoms with Crippen molar-refractivity contribution in [3.05, 3.63) is 42.1 Å². The highest BCUT2D eigenvalue weighted by Crippen LogP contribution is 2.20. The normalized spacial score (nSPS) is 10.6. The lowest BCUT2D eigenvalue weighted by molar-refractivity contribution is -0.134. The van der Waals surface area contributed by atoms with Crippen molar-refractivity contribution >= 4 is 5.97 Å². The fourth-order valence-corrected chi connectivity index (χ4v) is 2.34. The standard InChI is InChI=1S/C18H24N2O2/c1-3-4-5-6-10-13-18(21)22-17-14-15(2)19-20(17)16-11-8-7-9-12-16/h7-9,11-12,14H,3-6,10,13H2,1-2H3. The van der Waals surface area contributed by atoms with E-state index in [4.69, 9.17) is 4.74 Å². The molecule has 0 saturated heterocycles. The number of esters is 1. The van der Waals surface area contributed by atoms with Gasteiger partial charge in [-0.2, -0.15) is 5.10 Å². The third kappa shape index (κ3) is 4.72. The van der Waals surface area contributed by atoms with Crippen molar-refractivity contribution in [3.63, 3.8) is 0 Å². The number of benzene rings is 1. The molecule has 0 aliphatic carbocycles. The van der Waals surface area contributed by atoms with Crippen molar-refractivity contribution in [2.45, 2.75) is 52.4 Å². The molecule has 0 unspecified atom stereocenters. The Labute approximate surface area is 132 Å². The Bertz CT molecular complexity index is 590. The Morgan fingerprint density at radius 1 is 1.14 bits per heavy atom. The van der Waals surface area contributed by atoms with Gasteiger partial charge in [-0.25, -0.2) is 4.68 Å². The Hall–Kier alpha value is -2.10. The number of rotatable bonds is 8. The number of hydrogen-bond acceptors (Lipinski definition) is 3. The fraction of sp³-hybridized carbons (Fsp3) is 0.444. The van der Waals surface area contributed by atoms with Gasteiger partial charge >= 0.3 is 5.97 Å². The van der Waals surface area contributed by atoms with Crippen molar-refractivity contribution in [2.75, 3.05) is 0 Å². The number of aromatic nitrogens is 2. The summed E-state index contributed by atoms with van der Waals surface area (Å²) in [6.45, 7) is 4.07. The number of para-hydroxylation sites is 1. The van der Waals surface area contributed by atoms with Crippen LogP contribution in [0.15, 0.2) is 36.4 Å². The van der Waals surface area contributed by atoms with Crippen molar-refractivity contribution < 1.29 is 9.53 Å². The van der Waals surface area contributed by atoms with Crippen LogP contribution in [0, 0.1) is 6.92 Å². The maximum Gasteiger partial charge on any atom is 0.312 e. The molecule has 0 radical (unpaired) electrons. The molecule has 0 spiro atoms. The molecule has 0 atom stereocenters. The van der Waals surface area contributed by atoms with Crippen molar-refractivity contribution in [1.82, 2.24) is 9.78 Å². The van der Waals surface area contributed by atoms with E-state index in [0.717, 1.165) is 24.2 Å². The molecule has 0 N–H and O–H groups in total. The van der Waals surface area contributed by atoms with E-state index in [0.29, 0.717) is 12.3 Å². The van der Waals surface area contributed by atoms with Crippen LogP contribution in [0.25, 0.3) is 5.69 Å². The first-order valence-electron chi connectivity index (χ1n) is 8.03. The molecular weight excluding hydrogens is 276 g/mol. The van der Waals surface area contributed by atoms with Crippen LogP contribution in [0.3, 0.4) is 0 Å². The van der Waals surface area contributed by atoms with Gasteiger partial charge < -0.3 is 4.74 Å². The van der Waals surface area contributed by atoms with Crippen LogP contribution in [0.5, 0.6) is 5.88 Å². The van der Waals surface area contributed by atoms with Crippen LogP contribution < -0.4 is 4.74 Å². The van der Waals surface area contributed by atoms with E-state index >= 15 is 0 Å². The average Bonchev–Trinajstić information content (AvgIpc) is 2.88. The van der Waals surface area contributed by atoms with Crippen molar-refractivity contribution in [1.29, 1.82) is 0 Å². The number of unbranched alkanes of at least 4 members (excludes halogenated alkanes) is 4. The van der Waals surface area contributed by atoms with Gasteiger partial charge in [-0.15, -0.1) is 0 Å². The first-order chi connectivity index (χ1) is 10.7. The minimum atomic E-state index is -0.187. The van der Waals surface area contributed by atoms with E-state index in [1.807, 2.05) is 37.3 Å². The summed E-state index contributed by atoms with van der Waals surface area (Å²) in [5.41, 5.74) is 1.72. The monoisotopic (exact) mass is 300 g/mol. The number of hydrogen-bond donors (Lipinski definition) is 0. The Morgan fingerprint density at radius 2 is 1.86 bits per heavy atom. The molecule has 0 bridgehead atoms. The molecule has 0 amide bonds. The number of aryl methyl sites for hydroxylation is 1. The molecule has 0 aliphatic heterocycles. The molecule has 0 saturated carbocycles. The Kier molecular flexibility index (Phi) is 6.19. The van der Waals surface area contributed by atoms with Crippen LogP contribution in [0.2, 0.25) is 0 Å². The van der Waals surface area contributed by atoms with E-state index in [1.54, 1.807) is 10.7 Å². The van der Waals surface area contributed by atoms with E-state index in [-0.39, 0.29) is 5.97 Å². The Balaban J connectivity index is 1.94. The second-order valence-corrected chi connectivity index (χ2v) is 5.51. The minimum Gasteiger partial charge on any atom is -0.407 e. The summed E-state index contributed by atoms with van der Waals surface area (Å²) in [7, 11) is 0. The summed E-state index contributed by atoms with van der Waals surface area (Å²) in [5.74, 6) is 0.302. The summed E-state index contributed by atoms with van der Waals surface area (Å²) in [6, 6.07) is 11.5. The lowest BCUT2D eigenvalue weighted by Crippen LogP contribution is -2.11. The number of carbonyl (C=O) groups excluding carboxylic acids is 1. The Morgan fingerprint density at radius 3 is 2.59 bits per heavy atom. The maximum absolute atomic E-state index is 12.0. The van der Waals surface area contributed by atoms with Gasteiger partial charge in [0.1, 0.15) is 0 Å². The smallest absolute Gasteiger partial charge is 0.312 e. The molecule has 118 valence electrons. The van der Waals surface area contributed by atoms with Gasteiger partial charge in [0.05, 0.1) is 11.4 Å². The van der Waals surface area contributed by atoms with E-state index in [2.05, 4.69) is 12.0 Å². The van der Waals surface area contributed by atoms with E-state index in [1.165, 1.54) is 19.3 Å². The van der Waals surface area contributed by atoms with Gasteiger partial charge in [0, 0.05) is 12.5 Å². The number of ether oxygens (including phenoxy) is 1. The lowest BCUT2D eigenvalue weighted by Gasteiger charge is -2.07.